The molecule has 2 fully saturated rings. The van der Waals surface area contributed by atoms with Gasteiger partial charge in [0.15, 0.2) is 0 Å². The fourth-order valence-corrected chi connectivity index (χ4v) is 4.28. The molecular formula is C17H24BrNO. The zero-order valence-corrected chi connectivity index (χ0v) is 13.8. The van der Waals surface area contributed by atoms with Crippen LogP contribution >= 0.6 is 15.9 Å². The highest BCUT2D eigenvalue weighted by atomic mass is 79.9. The van der Waals surface area contributed by atoms with Gasteiger partial charge in [-0.3, -0.25) is 0 Å². The number of halogens is 1. The second-order valence-electron chi connectivity index (χ2n) is 6.19. The molecule has 0 aromatic heterocycles. The molecule has 0 radical (unpaired) electrons. The fourth-order valence-electron chi connectivity index (χ4n) is 3.75. The Kier molecular flexibility index (Phi) is 4.49. The topological polar surface area (TPSA) is 21.3 Å². The van der Waals surface area contributed by atoms with Gasteiger partial charge in [0.1, 0.15) is 0 Å². The van der Waals surface area contributed by atoms with Crippen LogP contribution in [0.5, 0.6) is 0 Å². The average molecular weight is 338 g/mol. The van der Waals surface area contributed by atoms with Crippen molar-refractivity contribution in [3.05, 3.63) is 34.3 Å². The third-order valence-corrected chi connectivity index (χ3v) is 5.65. The van der Waals surface area contributed by atoms with Crippen LogP contribution in [-0.2, 0) is 4.74 Å². The molecule has 20 heavy (non-hydrogen) atoms. The molecule has 3 rings (SSSR count). The smallest absolute Gasteiger partial charge is 0.0686 e. The van der Waals surface area contributed by atoms with Crippen molar-refractivity contribution in [2.75, 3.05) is 13.2 Å². The Morgan fingerprint density at radius 2 is 2.20 bits per heavy atom. The van der Waals surface area contributed by atoms with Gasteiger partial charge >= 0.3 is 0 Å². The minimum atomic E-state index is 0.220. The van der Waals surface area contributed by atoms with Gasteiger partial charge in [-0.15, -0.1) is 0 Å². The van der Waals surface area contributed by atoms with Crippen LogP contribution in [0.1, 0.15) is 50.6 Å². The summed E-state index contributed by atoms with van der Waals surface area (Å²) < 4.78 is 7.31. The van der Waals surface area contributed by atoms with E-state index in [1.165, 1.54) is 42.1 Å². The lowest BCUT2D eigenvalue weighted by Crippen LogP contribution is -2.48. The van der Waals surface area contributed by atoms with Crippen molar-refractivity contribution in [1.29, 1.82) is 0 Å². The van der Waals surface area contributed by atoms with Crippen LogP contribution in [0.25, 0.3) is 0 Å². The molecular weight excluding hydrogens is 314 g/mol. The van der Waals surface area contributed by atoms with Gasteiger partial charge in [0.05, 0.1) is 5.60 Å². The summed E-state index contributed by atoms with van der Waals surface area (Å²) in [4.78, 5) is 0. The fraction of sp³-hybridized carbons (Fsp3) is 0.647. The molecule has 2 nitrogen and oxygen atoms in total. The zero-order valence-electron chi connectivity index (χ0n) is 12.2. The van der Waals surface area contributed by atoms with Crippen molar-refractivity contribution in [2.24, 2.45) is 5.92 Å². The number of hydrogen-bond acceptors (Lipinski definition) is 2. The van der Waals surface area contributed by atoms with Crippen molar-refractivity contribution in [3.63, 3.8) is 0 Å². The van der Waals surface area contributed by atoms with Crippen LogP contribution in [0.4, 0.5) is 0 Å². The minimum absolute atomic E-state index is 0.220. The van der Waals surface area contributed by atoms with Crippen molar-refractivity contribution in [2.45, 2.75) is 50.7 Å². The lowest BCUT2D eigenvalue weighted by molar-refractivity contribution is -0.147. The van der Waals surface area contributed by atoms with Gasteiger partial charge in [0.25, 0.3) is 0 Å². The Hall–Kier alpha value is -0.380. The molecule has 1 N–H and O–H groups in total. The third kappa shape index (κ3) is 2.81. The molecule has 110 valence electrons. The van der Waals surface area contributed by atoms with Gasteiger partial charge in [0, 0.05) is 17.1 Å². The predicted octanol–water partition coefficient (Wildman–Crippen LogP) is 4.45. The van der Waals surface area contributed by atoms with E-state index in [1.807, 2.05) is 0 Å². The van der Waals surface area contributed by atoms with E-state index in [0.717, 1.165) is 13.2 Å². The summed E-state index contributed by atoms with van der Waals surface area (Å²) in [6.07, 6.45) is 6.25. The SMILES string of the molecule is CCNC(c1ccccc1Br)C1CCOC2(CCC2)C1. The van der Waals surface area contributed by atoms with E-state index < -0.39 is 0 Å². The second-order valence-corrected chi connectivity index (χ2v) is 7.05. The molecule has 3 heteroatoms. The van der Waals surface area contributed by atoms with Crippen molar-refractivity contribution in [3.8, 4) is 0 Å². The Balaban J connectivity index is 1.81. The predicted molar refractivity (Wildman–Crippen MR) is 85.8 cm³/mol. The van der Waals surface area contributed by atoms with E-state index in [2.05, 4.69) is 52.4 Å². The number of hydrogen-bond donors (Lipinski definition) is 1. The molecule has 1 heterocycles. The van der Waals surface area contributed by atoms with E-state index in [1.54, 1.807) is 0 Å². The molecule has 1 aromatic rings. The van der Waals surface area contributed by atoms with Crippen molar-refractivity contribution in [1.82, 2.24) is 5.32 Å². The maximum absolute atomic E-state index is 6.09. The number of benzene rings is 1. The summed E-state index contributed by atoms with van der Waals surface area (Å²) in [5, 5.41) is 3.71. The van der Waals surface area contributed by atoms with E-state index >= 15 is 0 Å². The maximum atomic E-state index is 6.09. The van der Waals surface area contributed by atoms with Gasteiger partial charge < -0.3 is 10.1 Å². The standard InChI is InChI=1S/C17H24BrNO/c1-2-19-16(14-6-3-4-7-15(14)18)13-8-11-20-17(12-13)9-5-10-17/h3-4,6-7,13,16,19H,2,5,8-12H2,1H3. The largest absolute Gasteiger partial charge is 0.375 e. The molecule has 1 aromatic carbocycles. The van der Waals surface area contributed by atoms with E-state index in [4.69, 9.17) is 4.74 Å². The normalized spacial score (nSPS) is 26.2. The maximum Gasteiger partial charge on any atom is 0.0686 e. The summed E-state index contributed by atoms with van der Waals surface area (Å²) in [7, 11) is 0. The summed E-state index contributed by atoms with van der Waals surface area (Å²) in [5.41, 5.74) is 1.62. The van der Waals surface area contributed by atoms with E-state index in [0.29, 0.717) is 12.0 Å². The lowest BCUT2D eigenvalue weighted by atomic mass is 9.69. The van der Waals surface area contributed by atoms with Crippen LogP contribution in [0, 0.1) is 5.92 Å². The molecule has 2 atom stereocenters. The molecule has 2 unspecified atom stereocenters. The van der Waals surface area contributed by atoms with E-state index in [-0.39, 0.29) is 5.60 Å². The third-order valence-electron chi connectivity index (χ3n) is 4.93. The van der Waals surface area contributed by atoms with Crippen LogP contribution in [-0.4, -0.2) is 18.8 Å². The first-order valence-corrected chi connectivity index (χ1v) is 8.65. The zero-order chi connectivity index (χ0) is 14.0. The Labute approximate surface area is 130 Å². The average Bonchev–Trinajstić information content (AvgIpc) is 2.44. The van der Waals surface area contributed by atoms with Gasteiger partial charge in [-0.2, -0.15) is 0 Å². The Bertz CT molecular complexity index is 458. The van der Waals surface area contributed by atoms with Crippen LogP contribution in [0.15, 0.2) is 28.7 Å². The highest BCUT2D eigenvalue weighted by Crippen LogP contribution is 2.47. The number of ether oxygens (including phenoxy) is 1. The highest BCUT2D eigenvalue weighted by Gasteiger charge is 2.44. The summed E-state index contributed by atoms with van der Waals surface area (Å²) >= 11 is 3.72. The molecule has 1 aliphatic heterocycles. The monoisotopic (exact) mass is 337 g/mol. The van der Waals surface area contributed by atoms with Gasteiger partial charge in [0.2, 0.25) is 0 Å². The summed E-state index contributed by atoms with van der Waals surface area (Å²) in [6, 6.07) is 9.08. The first-order chi connectivity index (χ1) is 9.74. The summed E-state index contributed by atoms with van der Waals surface area (Å²) in [6.45, 7) is 4.13. The van der Waals surface area contributed by atoms with Gasteiger partial charge in [-0.25, -0.2) is 0 Å². The molecule has 0 amide bonds. The van der Waals surface area contributed by atoms with E-state index in [9.17, 15) is 0 Å². The van der Waals surface area contributed by atoms with Crippen LogP contribution in [0.2, 0.25) is 0 Å². The summed E-state index contributed by atoms with van der Waals surface area (Å²) in [5.74, 6) is 0.683. The molecule has 0 bridgehead atoms. The Morgan fingerprint density at radius 1 is 1.40 bits per heavy atom. The van der Waals surface area contributed by atoms with Crippen LogP contribution < -0.4 is 5.32 Å². The molecule has 1 saturated heterocycles. The number of nitrogens with one attached hydrogen (secondary N) is 1. The molecule has 1 saturated carbocycles. The molecule has 2 aliphatic rings. The first-order valence-electron chi connectivity index (χ1n) is 7.86. The van der Waals surface area contributed by atoms with Gasteiger partial charge in [-0.05, 0) is 56.2 Å². The van der Waals surface area contributed by atoms with Gasteiger partial charge in [-0.1, -0.05) is 41.1 Å². The van der Waals surface area contributed by atoms with Crippen LogP contribution in [0.3, 0.4) is 0 Å². The quantitative estimate of drug-likeness (QED) is 0.876. The van der Waals surface area contributed by atoms with Crippen molar-refractivity contribution < 1.29 is 4.74 Å². The highest BCUT2D eigenvalue weighted by molar-refractivity contribution is 9.10. The Morgan fingerprint density at radius 3 is 2.85 bits per heavy atom. The lowest BCUT2D eigenvalue weighted by Gasteiger charge is -2.49. The molecule has 1 aliphatic carbocycles. The first kappa shape index (κ1) is 14.6. The van der Waals surface area contributed by atoms with Crippen molar-refractivity contribution >= 4 is 15.9 Å². The second kappa shape index (κ2) is 6.17. The minimum Gasteiger partial charge on any atom is -0.375 e. The molecule has 1 spiro atoms. The number of rotatable bonds is 4.